The van der Waals surface area contributed by atoms with E-state index in [1.165, 1.54) is 19.3 Å². The second-order valence-corrected chi connectivity index (χ2v) is 4.85. The number of urea groups is 1. The normalized spacial score (nSPS) is 25.1. The van der Waals surface area contributed by atoms with Crippen molar-refractivity contribution < 1.29 is 4.79 Å². The van der Waals surface area contributed by atoms with Gasteiger partial charge >= 0.3 is 6.03 Å². The van der Waals surface area contributed by atoms with Crippen molar-refractivity contribution in [2.75, 3.05) is 0 Å². The van der Waals surface area contributed by atoms with Gasteiger partial charge in [0.2, 0.25) is 0 Å². The fourth-order valence-electron chi connectivity index (χ4n) is 2.36. The van der Waals surface area contributed by atoms with Crippen LogP contribution in [0.2, 0.25) is 0 Å². The van der Waals surface area contributed by atoms with Gasteiger partial charge in [-0.1, -0.05) is 32.6 Å². The van der Waals surface area contributed by atoms with Gasteiger partial charge in [0, 0.05) is 6.04 Å². The fraction of sp³-hybridized carbons (Fsp3) is 0.833. The van der Waals surface area contributed by atoms with Crippen LogP contribution in [0.1, 0.15) is 51.9 Å². The Labute approximate surface area is 96.9 Å². The molecule has 0 aromatic rings. The van der Waals surface area contributed by atoms with Gasteiger partial charge in [-0.25, -0.2) is 4.79 Å². The van der Waals surface area contributed by atoms with Crippen molar-refractivity contribution in [3.05, 3.63) is 0 Å². The van der Waals surface area contributed by atoms with Crippen LogP contribution in [0.25, 0.3) is 0 Å². The van der Waals surface area contributed by atoms with Gasteiger partial charge < -0.3 is 4.90 Å². The van der Waals surface area contributed by atoms with Crippen LogP contribution >= 0.6 is 0 Å². The molecule has 2 amide bonds. The van der Waals surface area contributed by atoms with E-state index in [4.69, 9.17) is 5.41 Å². The molecule has 0 aromatic heterocycles. The van der Waals surface area contributed by atoms with E-state index in [0.717, 1.165) is 25.7 Å². The van der Waals surface area contributed by atoms with Gasteiger partial charge in [-0.2, -0.15) is 0 Å². The maximum absolute atomic E-state index is 11.6. The van der Waals surface area contributed by atoms with Crippen molar-refractivity contribution in [2.45, 2.75) is 64.0 Å². The van der Waals surface area contributed by atoms with E-state index >= 15 is 0 Å². The summed E-state index contributed by atoms with van der Waals surface area (Å²) in [6, 6.07) is 0.406. The molecule has 2 rings (SSSR count). The molecule has 4 nitrogen and oxygen atoms in total. The highest BCUT2D eigenvalue weighted by molar-refractivity contribution is 6.05. The quantitative estimate of drug-likeness (QED) is 0.668. The number of amides is 2. The lowest BCUT2D eigenvalue weighted by molar-refractivity contribution is 0.199. The minimum atomic E-state index is -0.0482. The number of amidine groups is 1. The molecule has 1 saturated carbocycles. The average Bonchev–Trinajstić information content (AvgIpc) is 3.02. The number of hydrogen-bond acceptors (Lipinski definition) is 2. The van der Waals surface area contributed by atoms with Crippen molar-refractivity contribution in [1.29, 1.82) is 5.41 Å². The van der Waals surface area contributed by atoms with Crippen molar-refractivity contribution in [1.82, 2.24) is 10.2 Å². The molecule has 2 fully saturated rings. The molecule has 1 saturated heterocycles. The first-order valence-electron chi connectivity index (χ1n) is 6.41. The minimum absolute atomic E-state index is 0.0388. The van der Waals surface area contributed by atoms with Crippen LogP contribution in [-0.4, -0.2) is 28.9 Å². The maximum Gasteiger partial charge on any atom is 0.323 e. The van der Waals surface area contributed by atoms with Crippen LogP contribution in [0, 0.1) is 5.41 Å². The predicted molar refractivity (Wildman–Crippen MR) is 63.7 cm³/mol. The summed E-state index contributed by atoms with van der Waals surface area (Å²) in [4.78, 5) is 13.5. The zero-order valence-electron chi connectivity index (χ0n) is 9.96. The average molecular weight is 223 g/mol. The third-order valence-corrected chi connectivity index (χ3v) is 3.42. The summed E-state index contributed by atoms with van der Waals surface area (Å²) >= 11 is 0. The standard InChI is InChI=1S/C12H21N3O/c1-2-3-4-5-6-10-11(13)14-12(16)15(10)9-7-8-9/h9-10H,2-8H2,1H3,(H2,13,14,16). The Hall–Kier alpha value is -1.06. The summed E-state index contributed by atoms with van der Waals surface area (Å²) in [5.41, 5.74) is 0. The zero-order valence-corrected chi connectivity index (χ0v) is 9.96. The lowest BCUT2D eigenvalue weighted by Crippen LogP contribution is -2.36. The molecular formula is C12H21N3O. The monoisotopic (exact) mass is 223 g/mol. The van der Waals surface area contributed by atoms with Crippen LogP contribution in [0.4, 0.5) is 4.79 Å². The van der Waals surface area contributed by atoms with Gasteiger partial charge in [0.1, 0.15) is 5.84 Å². The highest BCUT2D eigenvalue weighted by atomic mass is 16.2. The molecule has 16 heavy (non-hydrogen) atoms. The second kappa shape index (κ2) is 4.85. The Morgan fingerprint density at radius 3 is 2.75 bits per heavy atom. The predicted octanol–water partition coefficient (Wildman–Crippen LogP) is 2.49. The molecule has 90 valence electrons. The van der Waals surface area contributed by atoms with Crippen LogP contribution in [-0.2, 0) is 0 Å². The van der Waals surface area contributed by atoms with E-state index in [1.54, 1.807) is 0 Å². The minimum Gasteiger partial charge on any atom is -0.311 e. The van der Waals surface area contributed by atoms with Gasteiger partial charge in [0.25, 0.3) is 0 Å². The third-order valence-electron chi connectivity index (χ3n) is 3.42. The summed E-state index contributed by atoms with van der Waals surface area (Å²) in [6.45, 7) is 2.19. The van der Waals surface area contributed by atoms with Gasteiger partial charge in [-0.05, 0) is 19.3 Å². The number of rotatable bonds is 6. The van der Waals surface area contributed by atoms with Crippen LogP contribution in [0.5, 0.6) is 0 Å². The molecule has 4 heteroatoms. The third kappa shape index (κ3) is 2.36. The number of carbonyl (C=O) groups is 1. The Bertz CT molecular complexity index is 286. The molecule has 0 bridgehead atoms. The number of hydrogen-bond donors (Lipinski definition) is 2. The number of unbranched alkanes of at least 4 members (excludes halogenated alkanes) is 3. The van der Waals surface area contributed by atoms with Crippen LogP contribution < -0.4 is 5.32 Å². The van der Waals surface area contributed by atoms with Crippen molar-refractivity contribution in [2.24, 2.45) is 0 Å². The first-order valence-corrected chi connectivity index (χ1v) is 6.41. The topological polar surface area (TPSA) is 56.2 Å². The molecular weight excluding hydrogens is 202 g/mol. The fourth-order valence-corrected chi connectivity index (χ4v) is 2.36. The van der Waals surface area contributed by atoms with E-state index < -0.39 is 0 Å². The van der Waals surface area contributed by atoms with Gasteiger partial charge in [-0.3, -0.25) is 10.7 Å². The van der Waals surface area contributed by atoms with Gasteiger partial charge in [0.05, 0.1) is 6.04 Å². The van der Waals surface area contributed by atoms with E-state index in [1.807, 2.05) is 4.90 Å². The molecule has 0 radical (unpaired) electrons. The molecule has 1 aliphatic heterocycles. The van der Waals surface area contributed by atoms with Gasteiger partial charge in [-0.15, -0.1) is 0 Å². The van der Waals surface area contributed by atoms with E-state index in [-0.39, 0.29) is 12.1 Å². The summed E-state index contributed by atoms with van der Waals surface area (Å²) in [5.74, 6) is 0.411. The summed E-state index contributed by atoms with van der Waals surface area (Å²) < 4.78 is 0. The van der Waals surface area contributed by atoms with Crippen LogP contribution in [0.15, 0.2) is 0 Å². The smallest absolute Gasteiger partial charge is 0.311 e. The summed E-state index contributed by atoms with van der Waals surface area (Å²) in [7, 11) is 0. The lowest BCUT2D eigenvalue weighted by atomic mass is 10.1. The van der Waals surface area contributed by atoms with Gasteiger partial charge in [0.15, 0.2) is 0 Å². The van der Waals surface area contributed by atoms with Crippen LogP contribution in [0.3, 0.4) is 0 Å². The second-order valence-electron chi connectivity index (χ2n) is 4.85. The maximum atomic E-state index is 11.6. The first kappa shape index (κ1) is 11.4. The zero-order chi connectivity index (χ0) is 11.5. The molecule has 1 atom stereocenters. The molecule has 2 aliphatic rings. The highest BCUT2D eigenvalue weighted by Crippen LogP contribution is 2.32. The molecule has 1 heterocycles. The largest absolute Gasteiger partial charge is 0.323 e. The Balaban J connectivity index is 1.85. The molecule has 1 unspecified atom stereocenters. The molecule has 0 aromatic carbocycles. The Kier molecular flexibility index (Phi) is 3.46. The van der Waals surface area contributed by atoms with Crippen molar-refractivity contribution in [3.63, 3.8) is 0 Å². The highest BCUT2D eigenvalue weighted by Gasteiger charge is 2.43. The number of nitrogens with one attached hydrogen (secondary N) is 2. The number of carbonyl (C=O) groups excluding carboxylic acids is 1. The molecule has 1 aliphatic carbocycles. The van der Waals surface area contributed by atoms with E-state index in [0.29, 0.717) is 11.9 Å². The first-order chi connectivity index (χ1) is 7.74. The molecule has 0 spiro atoms. The van der Waals surface area contributed by atoms with E-state index in [9.17, 15) is 4.79 Å². The lowest BCUT2D eigenvalue weighted by Gasteiger charge is -2.22. The Morgan fingerprint density at radius 2 is 2.12 bits per heavy atom. The van der Waals surface area contributed by atoms with E-state index in [2.05, 4.69) is 12.2 Å². The molecule has 2 N–H and O–H groups in total. The van der Waals surface area contributed by atoms with Crippen molar-refractivity contribution in [3.8, 4) is 0 Å². The Morgan fingerprint density at radius 1 is 1.38 bits per heavy atom. The summed E-state index contributed by atoms with van der Waals surface area (Å²) in [5, 5.41) is 10.4. The number of nitrogens with zero attached hydrogens (tertiary/aromatic N) is 1. The van der Waals surface area contributed by atoms with Crippen molar-refractivity contribution >= 4 is 11.9 Å². The SMILES string of the molecule is CCCCCCC1C(=N)NC(=O)N1C1CC1. The summed E-state index contributed by atoms with van der Waals surface area (Å²) in [6.07, 6.45) is 8.01.